The van der Waals surface area contributed by atoms with Gasteiger partial charge < -0.3 is 10.4 Å². The van der Waals surface area contributed by atoms with Crippen molar-refractivity contribution in [2.45, 2.75) is 52.5 Å². The normalized spacial score (nSPS) is 14.1. The van der Waals surface area contributed by atoms with Crippen LogP contribution in [0.15, 0.2) is 24.3 Å². The number of carbonyl (C=O) groups is 1. The highest BCUT2D eigenvalue weighted by Crippen LogP contribution is 2.22. The average Bonchev–Trinajstić information content (AvgIpc) is 2.38. The summed E-state index contributed by atoms with van der Waals surface area (Å²) in [6.07, 6.45) is 1.10. The Morgan fingerprint density at radius 1 is 1.25 bits per heavy atom. The molecular weight excluding hydrogens is 250 g/mol. The summed E-state index contributed by atoms with van der Waals surface area (Å²) in [5, 5.41) is 12.1. The number of hydrogen-bond acceptors (Lipinski definition) is 2. The van der Waals surface area contributed by atoms with Crippen LogP contribution < -0.4 is 5.32 Å². The summed E-state index contributed by atoms with van der Waals surface area (Å²) in [5.41, 5.74) is 2.45. The van der Waals surface area contributed by atoms with Gasteiger partial charge in [0.15, 0.2) is 0 Å². The lowest BCUT2D eigenvalue weighted by Crippen LogP contribution is -2.39. The molecule has 0 spiro atoms. The Balaban J connectivity index is 2.59. The Morgan fingerprint density at radius 2 is 1.90 bits per heavy atom. The van der Waals surface area contributed by atoms with Gasteiger partial charge in [-0.15, -0.1) is 0 Å². The highest BCUT2D eigenvalue weighted by molar-refractivity contribution is 5.77. The maximum absolute atomic E-state index is 12.1. The number of rotatable bonds is 7. The summed E-state index contributed by atoms with van der Waals surface area (Å²) >= 11 is 0. The predicted molar refractivity (Wildman–Crippen MR) is 82.7 cm³/mol. The van der Waals surface area contributed by atoms with Crippen LogP contribution in [0.1, 0.15) is 50.7 Å². The van der Waals surface area contributed by atoms with Gasteiger partial charge in [0.05, 0.1) is 0 Å². The number of amides is 1. The second-order valence-corrected chi connectivity index (χ2v) is 5.89. The van der Waals surface area contributed by atoms with Crippen molar-refractivity contribution >= 4 is 5.91 Å². The first-order valence-corrected chi connectivity index (χ1v) is 7.41. The van der Waals surface area contributed by atoms with Gasteiger partial charge >= 0.3 is 0 Å². The average molecular weight is 277 g/mol. The number of nitrogens with one attached hydrogen (secondary N) is 1. The van der Waals surface area contributed by atoms with Crippen molar-refractivity contribution in [1.29, 1.82) is 0 Å². The van der Waals surface area contributed by atoms with Crippen LogP contribution in [0.25, 0.3) is 0 Å². The molecule has 2 N–H and O–H groups in total. The number of carbonyl (C=O) groups excluding carboxylic acids is 1. The van der Waals surface area contributed by atoms with Crippen molar-refractivity contribution in [2.75, 3.05) is 6.61 Å². The number of aliphatic hydroxyl groups excluding tert-OH is 1. The maximum atomic E-state index is 12.1. The molecule has 3 heteroatoms. The van der Waals surface area contributed by atoms with Crippen molar-refractivity contribution < 1.29 is 9.90 Å². The fraction of sp³-hybridized carbons (Fsp3) is 0.588. The Kier molecular flexibility index (Phi) is 6.73. The van der Waals surface area contributed by atoms with Crippen LogP contribution in [0.4, 0.5) is 0 Å². The molecule has 3 nitrogen and oxygen atoms in total. The minimum atomic E-state index is 0.0524. The van der Waals surface area contributed by atoms with E-state index in [0.29, 0.717) is 18.8 Å². The summed E-state index contributed by atoms with van der Waals surface area (Å²) in [5.74, 6) is 0.603. The van der Waals surface area contributed by atoms with Crippen LogP contribution in [0.5, 0.6) is 0 Å². The van der Waals surface area contributed by atoms with E-state index in [0.717, 1.165) is 0 Å². The number of benzene rings is 1. The summed E-state index contributed by atoms with van der Waals surface area (Å²) in [6, 6.07) is 8.24. The quantitative estimate of drug-likeness (QED) is 0.805. The molecule has 2 unspecified atom stereocenters. The van der Waals surface area contributed by atoms with Crippen molar-refractivity contribution in [3.8, 4) is 0 Å². The first-order chi connectivity index (χ1) is 9.45. The van der Waals surface area contributed by atoms with E-state index >= 15 is 0 Å². The van der Waals surface area contributed by atoms with Gasteiger partial charge in [0.1, 0.15) is 0 Å². The SMILES string of the molecule is Cc1ccccc1C(C)CC(=O)NC(CCO)C(C)C. The van der Waals surface area contributed by atoms with Crippen LogP contribution >= 0.6 is 0 Å². The second kappa shape index (κ2) is 8.05. The van der Waals surface area contributed by atoms with Gasteiger partial charge in [-0.05, 0) is 36.3 Å². The van der Waals surface area contributed by atoms with Crippen molar-refractivity contribution in [2.24, 2.45) is 5.92 Å². The number of hydrogen-bond donors (Lipinski definition) is 2. The van der Waals surface area contributed by atoms with Crippen LogP contribution in [-0.4, -0.2) is 23.7 Å². The first kappa shape index (κ1) is 16.7. The second-order valence-electron chi connectivity index (χ2n) is 5.89. The smallest absolute Gasteiger partial charge is 0.220 e. The zero-order valence-electron chi connectivity index (χ0n) is 13.0. The first-order valence-electron chi connectivity index (χ1n) is 7.41. The third-order valence-electron chi connectivity index (χ3n) is 3.80. The molecule has 0 aliphatic rings. The van der Waals surface area contributed by atoms with Crippen molar-refractivity contribution in [3.05, 3.63) is 35.4 Å². The van der Waals surface area contributed by atoms with Crippen molar-refractivity contribution in [3.63, 3.8) is 0 Å². The van der Waals surface area contributed by atoms with E-state index in [1.165, 1.54) is 11.1 Å². The number of aryl methyl sites for hydroxylation is 1. The Morgan fingerprint density at radius 3 is 2.45 bits per heavy atom. The molecule has 20 heavy (non-hydrogen) atoms. The highest BCUT2D eigenvalue weighted by atomic mass is 16.3. The minimum Gasteiger partial charge on any atom is -0.396 e. The fourth-order valence-electron chi connectivity index (χ4n) is 2.50. The molecule has 0 bridgehead atoms. The molecule has 0 saturated heterocycles. The molecule has 1 aromatic carbocycles. The van der Waals surface area contributed by atoms with Gasteiger partial charge in [-0.25, -0.2) is 0 Å². The zero-order valence-corrected chi connectivity index (χ0v) is 13.0. The molecule has 2 atom stereocenters. The van der Waals surface area contributed by atoms with Crippen LogP contribution in [0.2, 0.25) is 0 Å². The Bertz CT molecular complexity index is 429. The van der Waals surface area contributed by atoms with Crippen LogP contribution in [0.3, 0.4) is 0 Å². The third-order valence-corrected chi connectivity index (χ3v) is 3.80. The van der Waals surface area contributed by atoms with Crippen LogP contribution in [0, 0.1) is 12.8 Å². The minimum absolute atomic E-state index is 0.0524. The summed E-state index contributed by atoms with van der Waals surface area (Å²) in [7, 11) is 0. The van der Waals surface area contributed by atoms with E-state index < -0.39 is 0 Å². The van der Waals surface area contributed by atoms with Gasteiger partial charge in [0, 0.05) is 19.1 Å². The molecule has 112 valence electrons. The lowest BCUT2D eigenvalue weighted by Gasteiger charge is -2.23. The largest absolute Gasteiger partial charge is 0.396 e. The van der Waals surface area contributed by atoms with Gasteiger partial charge in [-0.2, -0.15) is 0 Å². The molecular formula is C17H27NO2. The van der Waals surface area contributed by atoms with Gasteiger partial charge in [-0.1, -0.05) is 45.0 Å². The molecule has 0 aliphatic heterocycles. The lowest BCUT2D eigenvalue weighted by molar-refractivity contribution is -0.122. The molecule has 1 aromatic rings. The standard InChI is InChI=1S/C17H27NO2/c1-12(2)16(9-10-19)18-17(20)11-14(4)15-8-6-5-7-13(15)3/h5-8,12,14,16,19H,9-11H2,1-4H3,(H,18,20). The van der Waals surface area contributed by atoms with Gasteiger partial charge in [-0.3, -0.25) is 4.79 Å². The van der Waals surface area contributed by atoms with Crippen LogP contribution in [-0.2, 0) is 4.79 Å². The Labute approximate surface area is 122 Å². The van der Waals surface area contributed by atoms with E-state index in [1.807, 2.05) is 12.1 Å². The van der Waals surface area contributed by atoms with E-state index in [4.69, 9.17) is 5.11 Å². The third kappa shape index (κ3) is 4.97. The maximum Gasteiger partial charge on any atom is 0.220 e. The number of aliphatic hydroxyl groups is 1. The summed E-state index contributed by atoms with van der Waals surface area (Å²) < 4.78 is 0. The molecule has 0 saturated carbocycles. The lowest BCUT2D eigenvalue weighted by atomic mass is 9.93. The fourth-order valence-corrected chi connectivity index (χ4v) is 2.50. The van der Waals surface area contributed by atoms with E-state index in [-0.39, 0.29) is 24.5 Å². The molecule has 1 amide bonds. The zero-order chi connectivity index (χ0) is 15.1. The molecule has 0 fully saturated rings. The summed E-state index contributed by atoms with van der Waals surface area (Å²) in [4.78, 5) is 12.1. The van der Waals surface area contributed by atoms with E-state index in [9.17, 15) is 4.79 Å². The van der Waals surface area contributed by atoms with Crippen molar-refractivity contribution in [1.82, 2.24) is 5.32 Å². The van der Waals surface area contributed by atoms with Gasteiger partial charge in [0.25, 0.3) is 0 Å². The monoisotopic (exact) mass is 277 g/mol. The molecule has 0 aliphatic carbocycles. The van der Waals surface area contributed by atoms with E-state index in [1.54, 1.807) is 0 Å². The topological polar surface area (TPSA) is 49.3 Å². The molecule has 0 heterocycles. The highest BCUT2D eigenvalue weighted by Gasteiger charge is 2.18. The summed E-state index contributed by atoms with van der Waals surface area (Å²) in [6.45, 7) is 8.39. The van der Waals surface area contributed by atoms with E-state index in [2.05, 4.69) is 45.1 Å². The molecule has 0 radical (unpaired) electrons. The predicted octanol–water partition coefficient (Wildman–Crippen LogP) is 3.01. The molecule has 1 rings (SSSR count). The van der Waals surface area contributed by atoms with Gasteiger partial charge in [0.2, 0.25) is 5.91 Å². The molecule has 0 aromatic heterocycles. The Hall–Kier alpha value is -1.35.